The quantitative estimate of drug-likeness (QED) is 0.502. The second-order valence-corrected chi connectivity index (χ2v) is 6.77. The molecule has 0 spiro atoms. The largest absolute Gasteiger partial charge is 0.449 e. The molecule has 2 unspecified atom stereocenters. The van der Waals surface area contributed by atoms with Gasteiger partial charge in [-0.15, -0.1) is 0 Å². The zero-order chi connectivity index (χ0) is 20.3. The van der Waals surface area contributed by atoms with Gasteiger partial charge in [0.1, 0.15) is 6.61 Å². The van der Waals surface area contributed by atoms with Crippen LogP contribution >= 0.6 is 0 Å². The summed E-state index contributed by atoms with van der Waals surface area (Å²) in [5, 5.41) is 11.1. The summed E-state index contributed by atoms with van der Waals surface area (Å²) in [6.45, 7) is 2.86. The number of hydroxylamine groups is 1. The van der Waals surface area contributed by atoms with Crippen LogP contribution in [-0.4, -0.2) is 41.6 Å². The molecule has 2 aromatic carbocycles. The van der Waals surface area contributed by atoms with Gasteiger partial charge in [0.2, 0.25) is 11.6 Å². The van der Waals surface area contributed by atoms with E-state index in [9.17, 15) is 14.4 Å². The van der Waals surface area contributed by atoms with Gasteiger partial charge >= 0.3 is 6.09 Å². The van der Waals surface area contributed by atoms with Crippen LogP contribution in [0.2, 0.25) is 0 Å². The molecule has 0 aliphatic heterocycles. The summed E-state index contributed by atoms with van der Waals surface area (Å²) in [5.41, 5.74) is 6.12. The number of rotatable bonds is 7. The summed E-state index contributed by atoms with van der Waals surface area (Å²) < 4.78 is 5.35. The fourth-order valence-corrected chi connectivity index (χ4v) is 3.37. The first-order valence-corrected chi connectivity index (χ1v) is 9.03. The predicted octanol–water partition coefficient (Wildman–Crippen LogP) is 2.42. The van der Waals surface area contributed by atoms with Crippen molar-refractivity contribution in [3.63, 3.8) is 0 Å². The molecular weight excluding hydrogens is 360 g/mol. The number of Topliss-reactive ketones (excluding diaryl/α,β-unsaturated/α-hetero) is 2. The van der Waals surface area contributed by atoms with Crippen molar-refractivity contribution >= 4 is 17.7 Å². The zero-order valence-corrected chi connectivity index (χ0v) is 15.6. The lowest BCUT2D eigenvalue weighted by molar-refractivity contribution is -0.139. The van der Waals surface area contributed by atoms with E-state index in [0.717, 1.165) is 22.3 Å². The summed E-state index contributed by atoms with van der Waals surface area (Å²) in [7, 11) is 0. The molecule has 0 fully saturated rings. The lowest BCUT2D eigenvalue weighted by atomic mass is 9.98. The molecule has 0 bridgehead atoms. The maximum Gasteiger partial charge on any atom is 0.407 e. The first-order valence-electron chi connectivity index (χ1n) is 9.03. The van der Waals surface area contributed by atoms with Crippen molar-refractivity contribution in [1.29, 1.82) is 0 Å². The van der Waals surface area contributed by atoms with Crippen LogP contribution in [0, 0.1) is 0 Å². The van der Waals surface area contributed by atoms with Gasteiger partial charge in [0.05, 0.1) is 12.1 Å². The van der Waals surface area contributed by atoms with Crippen molar-refractivity contribution < 1.29 is 24.3 Å². The normalized spacial score (nSPS) is 14.5. The summed E-state index contributed by atoms with van der Waals surface area (Å²) in [5.74, 6) is -1.74. The number of carbonyl (C=O) groups excluding carboxylic acids is 3. The fraction of sp³-hybridized carbons (Fsp3) is 0.286. The topological polar surface area (TPSA) is 105 Å². The SMILES string of the molecule is CC(NO)C(=O)C(=O)C(C)NC(=O)OCC1c2ccccc2-c2ccccc21. The highest BCUT2D eigenvalue weighted by Crippen LogP contribution is 2.44. The van der Waals surface area contributed by atoms with Gasteiger partial charge in [0.15, 0.2) is 0 Å². The molecule has 3 rings (SSSR count). The van der Waals surface area contributed by atoms with Crippen molar-refractivity contribution in [2.24, 2.45) is 0 Å². The van der Waals surface area contributed by atoms with Crippen LogP contribution in [0.5, 0.6) is 0 Å². The number of fused-ring (bicyclic) bond motifs is 3. The third kappa shape index (κ3) is 3.81. The molecule has 28 heavy (non-hydrogen) atoms. The number of nitrogens with one attached hydrogen (secondary N) is 2. The van der Waals surface area contributed by atoms with Crippen LogP contribution in [0.3, 0.4) is 0 Å². The highest BCUT2D eigenvalue weighted by Gasteiger charge is 2.30. The molecule has 1 amide bonds. The van der Waals surface area contributed by atoms with Gasteiger partial charge in [0.25, 0.3) is 0 Å². The number of ketones is 2. The van der Waals surface area contributed by atoms with Crippen molar-refractivity contribution in [2.45, 2.75) is 31.8 Å². The van der Waals surface area contributed by atoms with E-state index in [-0.39, 0.29) is 12.5 Å². The van der Waals surface area contributed by atoms with Crippen molar-refractivity contribution in [3.8, 4) is 11.1 Å². The molecule has 7 heteroatoms. The molecule has 0 heterocycles. The third-order valence-corrected chi connectivity index (χ3v) is 4.90. The minimum Gasteiger partial charge on any atom is -0.449 e. The Labute approximate surface area is 162 Å². The Balaban J connectivity index is 1.64. The number of amides is 1. The van der Waals surface area contributed by atoms with Gasteiger partial charge in [-0.1, -0.05) is 48.5 Å². The highest BCUT2D eigenvalue weighted by molar-refractivity contribution is 6.41. The maximum atomic E-state index is 12.1. The van der Waals surface area contributed by atoms with Crippen LogP contribution < -0.4 is 10.8 Å². The average molecular weight is 382 g/mol. The molecular formula is C21H22N2O5. The van der Waals surface area contributed by atoms with E-state index in [1.165, 1.54) is 13.8 Å². The lowest BCUT2D eigenvalue weighted by Gasteiger charge is -2.17. The van der Waals surface area contributed by atoms with Gasteiger partial charge in [-0.2, -0.15) is 5.48 Å². The first-order chi connectivity index (χ1) is 13.4. The van der Waals surface area contributed by atoms with Crippen molar-refractivity contribution in [1.82, 2.24) is 10.8 Å². The molecule has 2 aromatic rings. The Kier molecular flexibility index (Phi) is 5.87. The Morgan fingerprint density at radius 3 is 1.96 bits per heavy atom. The minimum absolute atomic E-state index is 0.0931. The third-order valence-electron chi connectivity index (χ3n) is 4.90. The van der Waals surface area contributed by atoms with E-state index in [2.05, 4.69) is 5.32 Å². The maximum absolute atomic E-state index is 12.1. The summed E-state index contributed by atoms with van der Waals surface area (Å²) >= 11 is 0. The molecule has 2 atom stereocenters. The Morgan fingerprint density at radius 2 is 1.43 bits per heavy atom. The second kappa shape index (κ2) is 8.33. The lowest BCUT2D eigenvalue weighted by Crippen LogP contribution is -2.47. The smallest absolute Gasteiger partial charge is 0.407 e. The average Bonchev–Trinajstić information content (AvgIpc) is 3.04. The van der Waals surface area contributed by atoms with Gasteiger partial charge in [-0.25, -0.2) is 4.79 Å². The number of hydrogen-bond donors (Lipinski definition) is 3. The molecule has 0 saturated heterocycles. The van der Waals surface area contributed by atoms with E-state index in [1.54, 1.807) is 5.48 Å². The Bertz CT molecular complexity index is 866. The van der Waals surface area contributed by atoms with Crippen molar-refractivity contribution in [2.75, 3.05) is 6.61 Å². The standard InChI is InChI=1S/C21H22N2O5/c1-12(19(24)20(25)13(2)23-27)22-21(26)28-11-18-16-9-5-3-7-14(16)15-8-4-6-10-17(15)18/h3-10,12-13,18,23,27H,11H2,1-2H3,(H,22,26). The minimum atomic E-state index is -1.06. The first kappa shape index (κ1) is 19.7. The molecule has 3 N–H and O–H groups in total. The van der Waals surface area contributed by atoms with E-state index in [1.807, 2.05) is 48.5 Å². The molecule has 146 valence electrons. The number of hydrogen-bond acceptors (Lipinski definition) is 6. The van der Waals surface area contributed by atoms with E-state index >= 15 is 0 Å². The Morgan fingerprint density at radius 1 is 0.929 bits per heavy atom. The summed E-state index contributed by atoms with van der Waals surface area (Å²) in [4.78, 5) is 35.9. The van der Waals surface area contributed by atoms with Gasteiger partial charge < -0.3 is 15.3 Å². The van der Waals surface area contributed by atoms with Gasteiger partial charge in [0, 0.05) is 5.92 Å². The molecule has 0 radical (unpaired) electrons. The van der Waals surface area contributed by atoms with E-state index < -0.39 is 29.7 Å². The van der Waals surface area contributed by atoms with Crippen molar-refractivity contribution in [3.05, 3.63) is 59.7 Å². The summed E-state index contributed by atoms with van der Waals surface area (Å²) in [6.07, 6.45) is -0.778. The second-order valence-electron chi connectivity index (χ2n) is 6.77. The molecule has 7 nitrogen and oxygen atoms in total. The molecule has 1 aliphatic rings. The van der Waals surface area contributed by atoms with E-state index in [0.29, 0.717) is 0 Å². The molecule has 0 aromatic heterocycles. The van der Waals surface area contributed by atoms with Gasteiger partial charge in [-0.05, 0) is 36.1 Å². The predicted molar refractivity (Wildman–Crippen MR) is 102 cm³/mol. The Hall–Kier alpha value is -3.03. The molecule has 0 saturated carbocycles. The molecule has 1 aliphatic carbocycles. The van der Waals surface area contributed by atoms with Crippen LogP contribution in [0.4, 0.5) is 4.79 Å². The van der Waals surface area contributed by atoms with Gasteiger partial charge in [-0.3, -0.25) is 9.59 Å². The number of ether oxygens (including phenoxy) is 1. The van der Waals surface area contributed by atoms with Crippen LogP contribution in [0.1, 0.15) is 30.9 Å². The van der Waals surface area contributed by atoms with E-state index in [4.69, 9.17) is 9.94 Å². The zero-order valence-electron chi connectivity index (χ0n) is 15.6. The van der Waals surface area contributed by atoms with Crippen LogP contribution in [0.25, 0.3) is 11.1 Å². The van der Waals surface area contributed by atoms with Crippen LogP contribution in [0.15, 0.2) is 48.5 Å². The monoisotopic (exact) mass is 382 g/mol. The highest BCUT2D eigenvalue weighted by atomic mass is 16.5. The number of carbonyl (C=O) groups is 3. The number of alkyl carbamates (subject to hydrolysis) is 1. The van der Waals surface area contributed by atoms with Crippen LogP contribution in [-0.2, 0) is 14.3 Å². The fourth-order valence-electron chi connectivity index (χ4n) is 3.37. The number of benzene rings is 2. The summed E-state index contributed by atoms with van der Waals surface area (Å²) in [6, 6.07) is 13.8.